The first-order valence-corrected chi connectivity index (χ1v) is 9.42. The fourth-order valence-corrected chi connectivity index (χ4v) is 4.82. The Balaban J connectivity index is 1.40. The molecule has 1 fully saturated rings. The molecule has 4 heteroatoms. The number of rotatable bonds is 2. The van der Waals surface area contributed by atoms with Gasteiger partial charge in [0.1, 0.15) is 0 Å². The summed E-state index contributed by atoms with van der Waals surface area (Å²) in [6.45, 7) is 1.78. The Labute approximate surface area is 141 Å². The second-order valence-corrected chi connectivity index (χ2v) is 7.66. The van der Waals surface area contributed by atoms with Crippen molar-refractivity contribution < 1.29 is 4.79 Å². The van der Waals surface area contributed by atoms with Crippen LogP contribution in [0.2, 0.25) is 0 Å². The largest absolute Gasteiger partial charge is 0.342 e. The second kappa shape index (κ2) is 6.44. The van der Waals surface area contributed by atoms with Crippen LogP contribution in [-0.4, -0.2) is 28.9 Å². The van der Waals surface area contributed by atoms with Crippen molar-refractivity contribution >= 4 is 27.5 Å². The first-order chi connectivity index (χ1) is 11.3. The molecule has 1 atom stereocenters. The van der Waals surface area contributed by atoms with E-state index in [2.05, 4.69) is 35.3 Å². The molecule has 1 aromatic heterocycles. The smallest absolute Gasteiger partial charge is 0.226 e. The first kappa shape index (κ1) is 14.9. The van der Waals surface area contributed by atoms with E-state index >= 15 is 0 Å². The molecule has 120 valence electrons. The molecule has 1 aliphatic carbocycles. The van der Waals surface area contributed by atoms with E-state index in [9.17, 15) is 4.79 Å². The Bertz CT molecular complexity index is 695. The zero-order valence-electron chi connectivity index (χ0n) is 13.3. The average Bonchev–Trinajstić information content (AvgIpc) is 3.06. The number of thiazole rings is 1. The Morgan fingerprint density at radius 2 is 1.96 bits per heavy atom. The highest BCUT2D eigenvalue weighted by molar-refractivity contribution is 7.18. The van der Waals surface area contributed by atoms with Crippen LogP contribution < -0.4 is 0 Å². The van der Waals surface area contributed by atoms with Crippen molar-refractivity contribution in [2.45, 2.75) is 38.0 Å². The normalized spacial score (nSPS) is 22.6. The topological polar surface area (TPSA) is 33.2 Å². The van der Waals surface area contributed by atoms with Gasteiger partial charge in [-0.25, -0.2) is 4.98 Å². The van der Waals surface area contributed by atoms with Crippen molar-refractivity contribution in [3.8, 4) is 0 Å². The Morgan fingerprint density at radius 3 is 2.70 bits per heavy atom. The fourth-order valence-electron chi connectivity index (χ4n) is 3.69. The number of nitrogens with zero attached hydrogens (tertiary/aromatic N) is 2. The fraction of sp³-hybridized carbons (Fsp3) is 0.474. The minimum Gasteiger partial charge on any atom is -0.342 e. The van der Waals surface area contributed by atoms with Gasteiger partial charge in [0.25, 0.3) is 0 Å². The number of hydrogen-bond acceptors (Lipinski definition) is 3. The number of aromatic nitrogens is 1. The van der Waals surface area contributed by atoms with Crippen LogP contribution in [0.1, 0.15) is 43.0 Å². The molecule has 1 saturated heterocycles. The molecule has 1 amide bonds. The highest BCUT2D eigenvalue weighted by Gasteiger charge is 2.29. The molecule has 2 aliphatic rings. The summed E-state index contributed by atoms with van der Waals surface area (Å²) in [5.41, 5.74) is 1.11. The van der Waals surface area contributed by atoms with Gasteiger partial charge in [0.05, 0.1) is 15.2 Å². The number of allylic oxidation sites excluding steroid dienone is 2. The number of benzene rings is 1. The molecule has 23 heavy (non-hydrogen) atoms. The van der Waals surface area contributed by atoms with Crippen LogP contribution in [0.4, 0.5) is 0 Å². The van der Waals surface area contributed by atoms with Crippen molar-refractivity contribution in [2.24, 2.45) is 5.92 Å². The minimum atomic E-state index is 0.221. The lowest BCUT2D eigenvalue weighted by Crippen LogP contribution is -2.41. The molecule has 0 N–H and O–H groups in total. The van der Waals surface area contributed by atoms with Gasteiger partial charge in [-0.05, 0) is 44.2 Å². The summed E-state index contributed by atoms with van der Waals surface area (Å²) in [4.78, 5) is 19.5. The number of piperidine rings is 1. The van der Waals surface area contributed by atoms with Gasteiger partial charge in [0, 0.05) is 24.9 Å². The van der Waals surface area contributed by atoms with E-state index in [1.165, 1.54) is 9.71 Å². The number of carbonyl (C=O) groups excluding carboxylic acids is 1. The van der Waals surface area contributed by atoms with Crippen molar-refractivity contribution in [3.05, 3.63) is 41.4 Å². The standard InChI is InChI=1S/C19H22N2OS/c22-19(15-6-2-1-3-7-15)21-12-10-14(11-13-21)18-20-16-8-4-5-9-17(16)23-18/h1-2,4-5,8-9,14-15H,3,6-7,10-13H2/t15-/m0/s1. The molecular weight excluding hydrogens is 304 g/mol. The lowest BCUT2D eigenvalue weighted by Gasteiger charge is -2.34. The highest BCUT2D eigenvalue weighted by Crippen LogP contribution is 2.34. The molecule has 2 heterocycles. The third-order valence-corrected chi connectivity index (χ3v) is 6.28. The van der Waals surface area contributed by atoms with E-state index in [-0.39, 0.29) is 5.92 Å². The van der Waals surface area contributed by atoms with E-state index in [1.807, 2.05) is 17.4 Å². The van der Waals surface area contributed by atoms with E-state index in [0.29, 0.717) is 11.8 Å². The SMILES string of the molecule is O=C([C@H]1CC=CCC1)N1CCC(c2nc3ccccc3s2)CC1. The molecule has 1 aromatic carbocycles. The number of hydrogen-bond donors (Lipinski definition) is 0. The maximum atomic E-state index is 12.6. The average molecular weight is 326 g/mol. The van der Waals surface area contributed by atoms with Crippen LogP contribution in [0, 0.1) is 5.92 Å². The molecular formula is C19H22N2OS. The number of para-hydroxylation sites is 1. The number of likely N-dealkylation sites (tertiary alicyclic amines) is 1. The van der Waals surface area contributed by atoms with Gasteiger partial charge in [-0.15, -0.1) is 11.3 Å². The highest BCUT2D eigenvalue weighted by atomic mass is 32.1. The first-order valence-electron chi connectivity index (χ1n) is 8.60. The number of fused-ring (bicyclic) bond motifs is 1. The van der Waals surface area contributed by atoms with Gasteiger partial charge < -0.3 is 4.90 Å². The molecule has 0 spiro atoms. The molecule has 0 saturated carbocycles. The van der Waals surface area contributed by atoms with Crippen LogP contribution in [0.25, 0.3) is 10.2 Å². The van der Waals surface area contributed by atoms with Crippen LogP contribution >= 0.6 is 11.3 Å². The lowest BCUT2D eigenvalue weighted by molar-refractivity contribution is -0.136. The number of amides is 1. The quantitative estimate of drug-likeness (QED) is 0.768. The maximum Gasteiger partial charge on any atom is 0.226 e. The van der Waals surface area contributed by atoms with Crippen LogP contribution in [0.5, 0.6) is 0 Å². The zero-order valence-corrected chi connectivity index (χ0v) is 14.1. The van der Waals surface area contributed by atoms with Crippen molar-refractivity contribution in [3.63, 3.8) is 0 Å². The Morgan fingerprint density at radius 1 is 1.13 bits per heavy atom. The van der Waals surface area contributed by atoms with Crippen molar-refractivity contribution in [1.82, 2.24) is 9.88 Å². The summed E-state index contributed by atoms with van der Waals surface area (Å²) in [6.07, 6.45) is 9.47. The van der Waals surface area contributed by atoms with E-state index < -0.39 is 0 Å². The van der Waals surface area contributed by atoms with Gasteiger partial charge in [-0.3, -0.25) is 4.79 Å². The van der Waals surface area contributed by atoms with E-state index in [1.54, 1.807) is 0 Å². The summed E-state index contributed by atoms with van der Waals surface area (Å²) in [6, 6.07) is 8.35. The summed E-state index contributed by atoms with van der Waals surface area (Å²) >= 11 is 1.82. The predicted octanol–water partition coefficient (Wildman–Crippen LogP) is 4.36. The maximum absolute atomic E-state index is 12.6. The zero-order chi connectivity index (χ0) is 15.6. The summed E-state index contributed by atoms with van der Waals surface area (Å²) in [5.74, 6) is 1.11. The molecule has 0 bridgehead atoms. The van der Waals surface area contributed by atoms with Gasteiger partial charge in [-0.2, -0.15) is 0 Å². The minimum absolute atomic E-state index is 0.221. The second-order valence-electron chi connectivity index (χ2n) is 6.60. The van der Waals surface area contributed by atoms with E-state index in [4.69, 9.17) is 4.98 Å². The molecule has 2 aromatic rings. The van der Waals surface area contributed by atoms with Gasteiger partial charge in [0.15, 0.2) is 0 Å². The lowest BCUT2D eigenvalue weighted by atomic mass is 9.91. The summed E-state index contributed by atoms with van der Waals surface area (Å²) in [7, 11) is 0. The molecule has 4 rings (SSSR count). The molecule has 3 nitrogen and oxygen atoms in total. The van der Waals surface area contributed by atoms with Crippen molar-refractivity contribution in [2.75, 3.05) is 13.1 Å². The van der Waals surface area contributed by atoms with Crippen molar-refractivity contribution in [1.29, 1.82) is 0 Å². The van der Waals surface area contributed by atoms with Crippen LogP contribution in [0.15, 0.2) is 36.4 Å². The Kier molecular flexibility index (Phi) is 4.17. The third-order valence-electron chi connectivity index (χ3n) is 5.08. The predicted molar refractivity (Wildman–Crippen MR) is 94.7 cm³/mol. The van der Waals surface area contributed by atoms with Crippen LogP contribution in [0.3, 0.4) is 0 Å². The van der Waals surface area contributed by atoms with Gasteiger partial charge >= 0.3 is 0 Å². The molecule has 0 radical (unpaired) electrons. The van der Waals surface area contributed by atoms with Crippen LogP contribution in [-0.2, 0) is 4.79 Å². The number of carbonyl (C=O) groups is 1. The van der Waals surface area contributed by atoms with Gasteiger partial charge in [0.2, 0.25) is 5.91 Å². The monoisotopic (exact) mass is 326 g/mol. The Hall–Kier alpha value is -1.68. The van der Waals surface area contributed by atoms with Gasteiger partial charge in [-0.1, -0.05) is 24.3 Å². The summed E-state index contributed by atoms with van der Waals surface area (Å²) in [5, 5.41) is 1.25. The molecule has 1 aliphatic heterocycles. The third kappa shape index (κ3) is 3.05. The van der Waals surface area contributed by atoms with E-state index in [0.717, 1.165) is 50.7 Å². The summed E-state index contributed by atoms with van der Waals surface area (Å²) < 4.78 is 1.27. The molecule has 0 unspecified atom stereocenters.